The summed E-state index contributed by atoms with van der Waals surface area (Å²) in [5, 5.41) is 21.9. The standard InChI is InChI=1S/C18H25N5O/c24-21-18(23-13-5-2-6-14-23)17(16-9-3-1-4-10-16)20-19-15-22-11-7-8-12-22/h1,3-4,9-10,15,24H,2,5-8,11-14H2/b19-15+,20-17+,21-18+. The second kappa shape index (κ2) is 8.47. The third-order valence-corrected chi connectivity index (χ3v) is 4.52. The molecule has 6 heteroatoms. The third-order valence-electron chi connectivity index (χ3n) is 4.52. The topological polar surface area (TPSA) is 63.8 Å². The van der Waals surface area contributed by atoms with E-state index in [0.29, 0.717) is 11.5 Å². The summed E-state index contributed by atoms with van der Waals surface area (Å²) < 4.78 is 0. The summed E-state index contributed by atoms with van der Waals surface area (Å²) in [5.41, 5.74) is 1.53. The maximum atomic E-state index is 9.62. The van der Waals surface area contributed by atoms with Gasteiger partial charge in [-0.3, -0.25) is 0 Å². The summed E-state index contributed by atoms with van der Waals surface area (Å²) >= 11 is 0. The molecule has 1 aromatic carbocycles. The number of oxime groups is 1. The van der Waals surface area contributed by atoms with E-state index in [9.17, 15) is 5.21 Å². The molecule has 0 radical (unpaired) electrons. The molecule has 2 aliphatic heterocycles. The van der Waals surface area contributed by atoms with E-state index < -0.39 is 0 Å². The van der Waals surface area contributed by atoms with Crippen LogP contribution < -0.4 is 0 Å². The van der Waals surface area contributed by atoms with Crippen molar-refractivity contribution in [2.24, 2.45) is 15.4 Å². The van der Waals surface area contributed by atoms with E-state index in [1.165, 1.54) is 19.3 Å². The van der Waals surface area contributed by atoms with Crippen molar-refractivity contribution in [1.29, 1.82) is 0 Å². The van der Waals surface area contributed by atoms with Crippen LogP contribution in [-0.4, -0.2) is 59.1 Å². The van der Waals surface area contributed by atoms with Gasteiger partial charge in [0.05, 0.1) is 0 Å². The van der Waals surface area contributed by atoms with Crippen LogP contribution in [-0.2, 0) is 0 Å². The molecule has 0 aliphatic carbocycles. The van der Waals surface area contributed by atoms with Crippen LogP contribution in [0.25, 0.3) is 0 Å². The van der Waals surface area contributed by atoms with Gasteiger partial charge in [-0.05, 0) is 32.1 Å². The second-order valence-electron chi connectivity index (χ2n) is 6.26. The van der Waals surface area contributed by atoms with Crippen LogP contribution in [0.15, 0.2) is 45.7 Å². The first-order valence-electron chi connectivity index (χ1n) is 8.76. The maximum absolute atomic E-state index is 9.62. The van der Waals surface area contributed by atoms with E-state index in [1.54, 1.807) is 6.34 Å². The lowest BCUT2D eigenvalue weighted by atomic mass is 10.1. The quantitative estimate of drug-likeness (QED) is 0.400. The fraction of sp³-hybridized carbons (Fsp3) is 0.500. The first-order valence-corrected chi connectivity index (χ1v) is 8.76. The zero-order chi connectivity index (χ0) is 16.6. The minimum Gasteiger partial charge on any atom is -0.409 e. The summed E-state index contributed by atoms with van der Waals surface area (Å²) in [6.07, 6.45) is 7.65. The van der Waals surface area contributed by atoms with Gasteiger partial charge >= 0.3 is 0 Å². The molecule has 24 heavy (non-hydrogen) atoms. The van der Waals surface area contributed by atoms with Crippen molar-refractivity contribution in [2.75, 3.05) is 26.2 Å². The molecule has 0 spiro atoms. The molecule has 2 aliphatic rings. The maximum Gasteiger partial charge on any atom is 0.196 e. The van der Waals surface area contributed by atoms with Crippen molar-refractivity contribution in [1.82, 2.24) is 9.80 Å². The fourth-order valence-corrected chi connectivity index (χ4v) is 3.21. The number of benzene rings is 1. The molecule has 128 valence electrons. The number of hydrogen-bond acceptors (Lipinski definition) is 4. The average Bonchev–Trinajstić information content (AvgIpc) is 3.16. The van der Waals surface area contributed by atoms with Crippen molar-refractivity contribution in [3.8, 4) is 0 Å². The molecule has 0 saturated carbocycles. The van der Waals surface area contributed by atoms with Gasteiger partial charge in [0.15, 0.2) is 5.84 Å². The Morgan fingerprint density at radius 2 is 1.58 bits per heavy atom. The molecule has 0 aromatic heterocycles. The van der Waals surface area contributed by atoms with Crippen molar-refractivity contribution in [3.05, 3.63) is 35.9 Å². The average molecular weight is 327 g/mol. The number of amidine groups is 1. The molecule has 0 unspecified atom stereocenters. The van der Waals surface area contributed by atoms with Gasteiger partial charge in [-0.15, -0.1) is 10.2 Å². The Hall–Kier alpha value is -2.37. The monoisotopic (exact) mass is 327 g/mol. The van der Waals surface area contributed by atoms with Crippen LogP contribution >= 0.6 is 0 Å². The predicted octanol–water partition coefficient (Wildman–Crippen LogP) is 2.79. The summed E-state index contributed by atoms with van der Waals surface area (Å²) in [6.45, 7) is 3.85. The van der Waals surface area contributed by atoms with Crippen molar-refractivity contribution in [3.63, 3.8) is 0 Å². The number of piperidine rings is 1. The smallest absolute Gasteiger partial charge is 0.196 e. The molecule has 0 atom stereocenters. The Labute approximate surface area is 143 Å². The Bertz CT molecular complexity index is 599. The lowest BCUT2D eigenvalue weighted by Gasteiger charge is -2.29. The van der Waals surface area contributed by atoms with E-state index in [-0.39, 0.29) is 0 Å². The van der Waals surface area contributed by atoms with Gasteiger partial charge in [-0.2, -0.15) is 0 Å². The Morgan fingerprint density at radius 3 is 2.25 bits per heavy atom. The van der Waals surface area contributed by atoms with E-state index in [0.717, 1.165) is 44.6 Å². The van der Waals surface area contributed by atoms with Crippen LogP contribution in [0.1, 0.15) is 37.7 Å². The second-order valence-corrected chi connectivity index (χ2v) is 6.26. The van der Waals surface area contributed by atoms with E-state index in [1.807, 2.05) is 30.3 Å². The summed E-state index contributed by atoms with van der Waals surface area (Å²) in [7, 11) is 0. The third kappa shape index (κ3) is 4.13. The van der Waals surface area contributed by atoms with Crippen LogP contribution in [0.3, 0.4) is 0 Å². The number of rotatable bonds is 4. The molecular weight excluding hydrogens is 302 g/mol. The molecule has 3 rings (SSSR count). The zero-order valence-corrected chi connectivity index (χ0v) is 14.0. The largest absolute Gasteiger partial charge is 0.409 e. The molecule has 2 heterocycles. The molecule has 1 aromatic rings. The summed E-state index contributed by atoms with van der Waals surface area (Å²) in [6, 6.07) is 9.82. The van der Waals surface area contributed by atoms with E-state index in [4.69, 9.17) is 0 Å². The summed E-state index contributed by atoms with van der Waals surface area (Å²) in [5.74, 6) is 0.513. The highest BCUT2D eigenvalue weighted by atomic mass is 16.4. The lowest BCUT2D eigenvalue weighted by molar-refractivity contribution is 0.288. The minimum atomic E-state index is 0.513. The van der Waals surface area contributed by atoms with Gasteiger partial charge in [0.25, 0.3) is 0 Å². The van der Waals surface area contributed by atoms with Crippen molar-refractivity contribution < 1.29 is 5.21 Å². The van der Waals surface area contributed by atoms with Gasteiger partial charge in [-0.1, -0.05) is 35.5 Å². The normalized spacial score (nSPS) is 20.2. The minimum absolute atomic E-state index is 0.513. The predicted molar refractivity (Wildman–Crippen MR) is 96.9 cm³/mol. The molecule has 6 nitrogen and oxygen atoms in total. The van der Waals surface area contributed by atoms with Gasteiger partial charge in [0, 0.05) is 31.7 Å². The van der Waals surface area contributed by atoms with Gasteiger partial charge in [0.2, 0.25) is 0 Å². The summed E-state index contributed by atoms with van der Waals surface area (Å²) in [4.78, 5) is 4.27. The number of hydrogen-bond donors (Lipinski definition) is 1. The first kappa shape index (κ1) is 16.5. The van der Waals surface area contributed by atoms with Crippen LogP contribution in [0.2, 0.25) is 0 Å². The first-order chi connectivity index (χ1) is 11.9. The number of likely N-dealkylation sites (tertiary alicyclic amines) is 2. The van der Waals surface area contributed by atoms with Gasteiger partial charge in [-0.25, -0.2) is 0 Å². The Morgan fingerprint density at radius 1 is 0.917 bits per heavy atom. The molecule has 1 N–H and O–H groups in total. The van der Waals surface area contributed by atoms with Crippen molar-refractivity contribution in [2.45, 2.75) is 32.1 Å². The van der Waals surface area contributed by atoms with Gasteiger partial charge < -0.3 is 15.0 Å². The Kier molecular flexibility index (Phi) is 5.82. The van der Waals surface area contributed by atoms with E-state index >= 15 is 0 Å². The van der Waals surface area contributed by atoms with Gasteiger partial charge in [0.1, 0.15) is 12.1 Å². The lowest BCUT2D eigenvalue weighted by Crippen LogP contribution is -2.40. The highest BCUT2D eigenvalue weighted by Gasteiger charge is 2.22. The molecule has 2 fully saturated rings. The Balaban J connectivity index is 1.85. The number of nitrogens with zero attached hydrogens (tertiary/aromatic N) is 5. The van der Waals surface area contributed by atoms with Crippen LogP contribution in [0.5, 0.6) is 0 Å². The highest BCUT2D eigenvalue weighted by molar-refractivity contribution is 6.47. The fourth-order valence-electron chi connectivity index (χ4n) is 3.21. The zero-order valence-electron chi connectivity index (χ0n) is 14.0. The van der Waals surface area contributed by atoms with Crippen LogP contribution in [0, 0.1) is 0 Å². The SMILES string of the molecule is O\N=C(/C(=N/N=C/N1CCCC1)c1ccccc1)N1CCCCC1. The molecule has 2 saturated heterocycles. The molecule has 0 amide bonds. The molecule has 0 bridgehead atoms. The van der Waals surface area contributed by atoms with Crippen LogP contribution in [0.4, 0.5) is 0 Å². The van der Waals surface area contributed by atoms with Crippen molar-refractivity contribution >= 4 is 17.9 Å². The van der Waals surface area contributed by atoms with E-state index in [2.05, 4.69) is 25.2 Å². The molecular formula is C18H25N5O. The highest BCUT2D eigenvalue weighted by Crippen LogP contribution is 2.13.